The van der Waals surface area contributed by atoms with Gasteiger partial charge in [0, 0.05) is 38.4 Å². The predicted molar refractivity (Wildman–Crippen MR) is 94.9 cm³/mol. The van der Waals surface area contributed by atoms with E-state index in [1.54, 1.807) is 0 Å². The number of hydrogen-bond acceptors (Lipinski definition) is 3. The molecule has 1 aliphatic heterocycles. The summed E-state index contributed by atoms with van der Waals surface area (Å²) < 4.78 is 7.16. The molecule has 1 heterocycles. The normalized spacial score (nSPS) is 17.0. The van der Waals surface area contributed by atoms with E-state index in [-0.39, 0.29) is 30.3 Å². The molecule has 21 heavy (non-hydrogen) atoms. The average Bonchev–Trinajstić information content (AvgIpc) is 2.49. The second-order valence-corrected chi connectivity index (χ2v) is 6.37. The molecule has 1 fully saturated rings. The number of likely N-dealkylation sites (tertiary alicyclic amines) is 1. The Kier molecular flexibility index (Phi) is 7.76. The number of ether oxygens (including phenoxy) is 1. The molecular weight excluding hydrogens is 403 g/mol. The fourth-order valence-corrected chi connectivity index (χ4v) is 2.84. The van der Waals surface area contributed by atoms with Crippen molar-refractivity contribution in [3.8, 4) is 5.75 Å². The summed E-state index contributed by atoms with van der Waals surface area (Å²) in [6.07, 6.45) is 1.96. The zero-order valence-electron chi connectivity index (χ0n) is 12.1. The lowest BCUT2D eigenvalue weighted by Crippen LogP contribution is -2.45. The van der Waals surface area contributed by atoms with Gasteiger partial charge in [-0.2, -0.15) is 0 Å². The molecule has 0 aliphatic carbocycles. The lowest BCUT2D eigenvalue weighted by atomic mass is 10.0. The minimum Gasteiger partial charge on any atom is -0.489 e. The topological polar surface area (TPSA) is 55.6 Å². The van der Waals surface area contributed by atoms with E-state index in [0.29, 0.717) is 6.54 Å². The van der Waals surface area contributed by atoms with Crippen LogP contribution in [-0.4, -0.2) is 36.5 Å². The molecule has 0 saturated carbocycles. The number of amides is 1. The fraction of sp³-hybridized carbons (Fsp3) is 0.533. The molecule has 1 aromatic rings. The lowest BCUT2D eigenvalue weighted by Gasteiger charge is -2.33. The Balaban J connectivity index is 0.00000220. The van der Waals surface area contributed by atoms with Gasteiger partial charge in [-0.25, -0.2) is 0 Å². The van der Waals surface area contributed by atoms with Crippen LogP contribution < -0.4 is 10.5 Å². The zero-order chi connectivity index (χ0) is 14.5. The van der Waals surface area contributed by atoms with E-state index in [2.05, 4.69) is 22.6 Å². The van der Waals surface area contributed by atoms with E-state index in [1.165, 1.54) is 0 Å². The standard InChI is InChI=1S/C15H21IN2O2.ClH/c1-11(10-17)15(19)18-8-6-12(7-9-18)20-14-5-3-2-4-13(14)16;/h2-5,11-12H,6-10,17H2,1H3;1H. The highest BCUT2D eigenvalue weighted by Gasteiger charge is 2.26. The van der Waals surface area contributed by atoms with Gasteiger partial charge in [0.15, 0.2) is 0 Å². The van der Waals surface area contributed by atoms with Crippen molar-refractivity contribution < 1.29 is 9.53 Å². The Hall–Kier alpha value is -0.530. The summed E-state index contributed by atoms with van der Waals surface area (Å²) in [5, 5.41) is 0. The van der Waals surface area contributed by atoms with E-state index in [4.69, 9.17) is 10.5 Å². The van der Waals surface area contributed by atoms with Crippen molar-refractivity contribution in [2.75, 3.05) is 19.6 Å². The fourth-order valence-electron chi connectivity index (χ4n) is 2.33. The summed E-state index contributed by atoms with van der Waals surface area (Å²) in [7, 11) is 0. The first-order valence-electron chi connectivity index (χ1n) is 7.02. The zero-order valence-corrected chi connectivity index (χ0v) is 15.1. The van der Waals surface area contributed by atoms with Crippen molar-refractivity contribution in [2.45, 2.75) is 25.9 Å². The quantitative estimate of drug-likeness (QED) is 0.756. The molecule has 6 heteroatoms. The van der Waals surface area contributed by atoms with Crippen molar-refractivity contribution in [2.24, 2.45) is 11.7 Å². The molecule has 0 radical (unpaired) electrons. The minimum absolute atomic E-state index is 0. The SMILES string of the molecule is CC(CN)C(=O)N1CCC(Oc2ccccc2I)CC1.Cl. The Morgan fingerprint density at radius 2 is 2.05 bits per heavy atom. The smallest absolute Gasteiger partial charge is 0.226 e. The molecule has 118 valence electrons. The number of carbonyl (C=O) groups excluding carboxylic acids is 1. The molecule has 2 N–H and O–H groups in total. The Morgan fingerprint density at radius 3 is 2.62 bits per heavy atom. The third-order valence-electron chi connectivity index (χ3n) is 3.66. The third kappa shape index (κ3) is 5.00. The molecule has 0 spiro atoms. The molecule has 2 rings (SSSR count). The van der Waals surface area contributed by atoms with Crippen molar-refractivity contribution in [3.63, 3.8) is 0 Å². The van der Waals surface area contributed by atoms with Gasteiger partial charge in [-0.1, -0.05) is 19.1 Å². The molecule has 1 saturated heterocycles. The van der Waals surface area contributed by atoms with Crippen LogP contribution >= 0.6 is 35.0 Å². The van der Waals surface area contributed by atoms with Crippen LogP contribution in [0.1, 0.15) is 19.8 Å². The molecule has 1 aromatic carbocycles. The molecular formula is C15H22ClIN2O2. The largest absolute Gasteiger partial charge is 0.489 e. The van der Waals surface area contributed by atoms with E-state index in [1.807, 2.05) is 36.1 Å². The monoisotopic (exact) mass is 424 g/mol. The summed E-state index contributed by atoms with van der Waals surface area (Å²) in [4.78, 5) is 14.0. The van der Waals surface area contributed by atoms with Crippen LogP contribution in [0.4, 0.5) is 0 Å². The summed E-state index contributed by atoms with van der Waals surface area (Å²) in [6, 6.07) is 8.02. The lowest BCUT2D eigenvalue weighted by molar-refractivity contribution is -0.136. The van der Waals surface area contributed by atoms with Crippen LogP contribution in [0.3, 0.4) is 0 Å². The third-order valence-corrected chi connectivity index (χ3v) is 4.55. The van der Waals surface area contributed by atoms with Crippen molar-refractivity contribution >= 4 is 40.9 Å². The van der Waals surface area contributed by atoms with Crippen LogP contribution in [0.2, 0.25) is 0 Å². The second-order valence-electron chi connectivity index (χ2n) is 5.21. The van der Waals surface area contributed by atoms with Gasteiger partial charge in [-0.3, -0.25) is 4.79 Å². The average molecular weight is 425 g/mol. The number of benzene rings is 1. The van der Waals surface area contributed by atoms with E-state index in [0.717, 1.165) is 35.3 Å². The Bertz CT molecular complexity index is 465. The van der Waals surface area contributed by atoms with E-state index >= 15 is 0 Å². The van der Waals surface area contributed by atoms with Gasteiger partial charge in [0.05, 0.1) is 3.57 Å². The van der Waals surface area contributed by atoms with Gasteiger partial charge >= 0.3 is 0 Å². The van der Waals surface area contributed by atoms with Gasteiger partial charge in [0.1, 0.15) is 11.9 Å². The van der Waals surface area contributed by atoms with Gasteiger partial charge in [0.2, 0.25) is 5.91 Å². The van der Waals surface area contributed by atoms with Gasteiger partial charge < -0.3 is 15.4 Å². The Morgan fingerprint density at radius 1 is 1.43 bits per heavy atom. The number of halogens is 2. The number of nitrogens with zero attached hydrogens (tertiary/aromatic N) is 1. The molecule has 4 nitrogen and oxygen atoms in total. The van der Waals surface area contributed by atoms with E-state index in [9.17, 15) is 4.79 Å². The van der Waals surface area contributed by atoms with Crippen LogP contribution in [0.5, 0.6) is 5.75 Å². The number of piperidine rings is 1. The first-order chi connectivity index (χ1) is 9.61. The Labute approximate surface area is 145 Å². The van der Waals surface area contributed by atoms with Gasteiger partial charge in [0.25, 0.3) is 0 Å². The van der Waals surface area contributed by atoms with Crippen LogP contribution in [0, 0.1) is 9.49 Å². The number of hydrogen-bond donors (Lipinski definition) is 1. The molecule has 0 bridgehead atoms. The van der Waals surface area contributed by atoms with Crippen LogP contribution in [0.15, 0.2) is 24.3 Å². The molecule has 1 aliphatic rings. The summed E-state index contributed by atoms with van der Waals surface area (Å²) >= 11 is 2.28. The minimum atomic E-state index is -0.0810. The molecule has 1 unspecified atom stereocenters. The van der Waals surface area contributed by atoms with Crippen LogP contribution in [0.25, 0.3) is 0 Å². The maximum atomic E-state index is 12.1. The van der Waals surface area contributed by atoms with Crippen molar-refractivity contribution in [1.29, 1.82) is 0 Å². The van der Waals surface area contributed by atoms with Gasteiger partial charge in [-0.05, 0) is 34.7 Å². The maximum Gasteiger partial charge on any atom is 0.226 e. The highest BCUT2D eigenvalue weighted by atomic mass is 127. The second kappa shape index (κ2) is 8.80. The predicted octanol–water partition coefficient (Wildman–Crippen LogP) is 2.68. The number of para-hydroxylation sites is 1. The summed E-state index contributed by atoms with van der Waals surface area (Å²) in [5.74, 6) is 1.02. The van der Waals surface area contributed by atoms with E-state index < -0.39 is 0 Å². The molecule has 0 aromatic heterocycles. The van der Waals surface area contributed by atoms with Crippen LogP contribution in [-0.2, 0) is 4.79 Å². The highest BCUT2D eigenvalue weighted by Crippen LogP contribution is 2.24. The number of rotatable bonds is 4. The van der Waals surface area contributed by atoms with Crippen molar-refractivity contribution in [3.05, 3.63) is 27.8 Å². The molecule has 1 atom stereocenters. The first kappa shape index (κ1) is 18.5. The maximum absolute atomic E-state index is 12.1. The first-order valence-corrected chi connectivity index (χ1v) is 8.09. The summed E-state index contributed by atoms with van der Waals surface area (Å²) in [6.45, 7) is 3.82. The molecule has 1 amide bonds. The summed E-state index contributed by atoms with van der Waals surface area (Å²) in [5.41, 5.74) is 5.55. The van der Waals surface area contributed by atoms with Gasteiger partial charge in [-0.15, -0.1) is 12.4 Å². The van der Waals surface area contributed by atoms with Crippen molar-refractivity contribution in [1.82, 2.24) is 4.90 Å². The number of nitrogens with two attached hydrogens (primary N) is 1. The highest BCUT2D eigenvalue weighted by molar-refractivity contribution is 14.1. The number of carbonyl (C=O) groups is 1.